The molecule has 2 aliphatic heterocycles. The van der Waals surface area contributed by atoms with Crippen molar-refractivity contribution < 1.29 is 9.59 Å². The van der Waals surface area contributed by atoms with Gasteiger partial charge in [-0.25, -0.2) is 0 Å². The van der Waals surface area contributed by atoms with E-state index in [4.69, 9.17) is 11.6 Å². The second kappa shape index (κ2) is 8.27. The molecule has 4 rings (SSSR count). The number of halogens is 1. The van der Waals surface area contributed by atoms with Crippen LogP contribution in [0.2, 0.25) is 5.02 Å². The van der Waals surface area contributed by atoms with Gasteiger partial charge in [0.2, 0.25) is 0 Å². The van der Waals surface area contributed by atoms with Gasteiger partial charge >= 0.3 is 0 Å². The number of hydrogen-bond acceptors (Lipinski definition) is 3. The monoisotopic (exact) mass is 422 g/mol. The minimum Gasteiger partial charge on any atom is -0.366 e. The molecule has 0 aliphatic carbocycles. The smallest absolute Gasteiger partial charge is 0.278 e. The van der Waals surface area contributed by atoms with Crippen LogP contribution < -0.4 is 0 Å². The molecular weight excluding hydrogens is 396 g/mol. The summed E-state index contributed by atoms with van der Waals surface area (Å²) in [5, 5.41) is 0.606. The van der Waals surface area contributed by atoms with Crippen LogP contribution >= 0.6 is 11.6 Å². The highest BCUT2D eigenvalue weighted by molar-refractivity contribution is 6.35. The summed E-state index contributed by atoms with van der Waals surface area (Å²) < 4.78 is 0. The predicted octanol–water partition coefficient (Wildman–Crippen LogP) is 4.91. The summed E-state index contributed by atoms with van der Waals surface area (Å²) in [5.41, 5.74) is 3.86. The first-order valence-corrected chi connectivity index (χ1v) is 10.9. The Balaban J connectivity index is 1.74. The van der Waals surface area contributed by atoms with E-state index in [1.54, 1.807) is 12.1 Å². The largest absolute Gasteiger partial charge is 0.366 e. The second-order valence-electron chi connectivity index (χ2n) is 8.76. The van der Waals surface area contributed by atoms with E-state index >= 15 is 0 Å². The van der Waals surface area contributed by atoms with Gasteiger partial charge in [-0.1, -0.05) is 67.4 Å². The van der Waals surface area contributed by atoms with E-state index in [9.17, 15) is 9.59 Å². The van der Waals surface area contributed by atoms with Crippen molar-refractivity contribution in [3.63, 3.8) is 0 Å². The molecule has 2 heterocycles. The Kier molecular flexibility index (Phi) is 5.70. The number of amides is 2. The molecule has 0 saturated carbocycles. The normalized spacial score (nSPS) is 22.3. The summed E-state index contributed by atoms with van der Waals surface area (Å²) in [7, 11) is 0. The van der Waals surface area contributed by atoms with Gasteiger partial charge < -0.3 is 4.90 Å². The van der Waals surface area contributed by atoms with E-state index in [-0.39, 0.29) is 18.4 Å². The van der Waals surface area contributed by atoms with Gasteiger partial charge in [0, 0.05) is 18.1 Å². The summed E-state index contributed by atoms with van der Waals surface area (Å²) in [6, 6.07) is 15.1. The van der Waals surface area contributed by atoms with Crippen molar-refractivity contribution in [2.75, 3.05) is 13.1 Å². The first-order valence-electron chi connectivity index (χ1n) is 10.5. The lowest BCUT2D eigenvalue weighted by molar-refractivity contribution is -0.138. The third-order valence-corrected chi connectivity index (χ3v) is 6.17. The molecule has 0 N–H and O–H groups in total. The number of hydrogen-bond donors (Lipinski definition) is 0. The van der Waals surface area contributed by atoms with E-state index in [0.29, 0.717) is 28.1 Å². The van der Waals surface area contributed by atoms with Crippen molar-refractivity contribution in [2.45, 2.75) is 33.7 Å². The third-order valence-electron chi connectivity index (χ3n) is 5.92. The summed E-state index contributed by atoms with van der Waals surface area (Å²) in [5.74, 6) is 0.513. The van der Waals surface area contributed by atoms with Crippen LogP contribution in [0.25, 0.3) is 5.57 Å². The molecule has 2 aromatic carbocycles. The number of imide groups is 1. The summed E-state index contributed by atoms with van der Waals surface area (Å²) in [6.07, 6.45) is 1.13. The number of rotatable bonds is 4. The standard InChI is InChI=1S/C25H27ClN2O2/c1-16-4-6-19(7-5-16)15-28-24(29)22(20-8-10-21(26)11-9-20)23(25(28)30)27-13-17(2)12-18(3)14-27/h4-11,17-18H,12-15H2,1-3H3. The summed E-state index contributed by atoms with van der Waals surface area (Å²) in [6.45, 7) is 8.28. The first-order chi connectivity index (χ1) is 14.3. The Morgan fingerprint density at radius 2 is 1.50 bits per heavy atom. The summed E-state index contributed by atoms with van der Waals surface area (Å²) in [4.78, 5) is 30.5. The average molecular weight is 423 g/mol. The molecule has 0 spiro atoms. The number of likely N-dealkylation sites (tertiary alicyclic amines) is 1. The fourth-order valence-corrected chi connectivity index (χ4v) is 4.72. The lowest BCUT2D eigenvalue weighted by atomic mass is 9.91. The molecule has 1 fully saturated rings. The Morgan fingerprint density at radius 1 is 0.900 bits per heavy atom. The maximum atomic E-state index is 13.5. The molecule has 5 heteroatoms. The minimum absolute atomic E-state index is 0.202. The minimum atomic E-state index is -0.233. The van der Waals surface area contributed by atoms with Gasteiger partial charge in [0.25, 0.3) is 11.8 Å². The number of piperidine rings is 1. The topological polar surface area (TPSA) is 40.6 Å². The van der Waals surface area contributed by atoms with Gasteiger partial charge in [-0.15, -0.1) is 0 Å². The van der Waals surface area contributed by atoms with E-state index in [0.717, 1.165) is 36.2 Å². The molecule has 2 unspecified atom stereocenters. The zero-order chi connectivity index (χ0) is 21.4. The molecule has 0 radical (unpaired) electrons. The average Bonchev–Trinajstić information content (AvgIpc) is 2.94. The molecule has 0 bridgehead atoms. The van der Waals surface area contributed by atoms with Gasteiger partial charge in [-0.2, -0.15) is 0 Å². The van der Waals surface area contributed by atoms with Gasteiger partial charge in [-0.05, 0) is 48.4 Å². The van der Waals surface area contributed by atoms with Crippen molar-refractivity contribution >= 4 is 29.0 Å². The molecule has 2 amide bonds. The highest BCUT2D eigenvalue weighted by Gasteiger charge is 2.42. The maximum absolute atomic E-state index is 13.5. The fraction of sp³-hybridized carbons (Fsp3) is 0.360. The Bertz CT molecular complexity index is 985. The molecule has 1 saturated heterocycles. The molecular formula is C25H27ClN2O2. The quantitative estimate of drug-likeness (QED) is 0.657. The van der Waals surface area contributed by atoms with Gasteiger partial charge in [-0.3, -0.25) is 14.5 Å². The fourth-order valence-electron chi connectivity index (χ4n) is 4.60. The van der Waals surface area contributed by atoms with E-state index in [1.807, 2.05) is 43.3 Å². The van der Waals surface area contributed by atoms with Crippen molar-refractivity contribution in [2.24, 2.45) is 11.8 Å². The molecule has 156 valence electrons. The molecule has 2 atom stereocenters. The van der Waals surface area contributed by atoms with Crippen LogP contribution in [-0.4, -0.2) is 34.7 Å². The van der Waals surface area contributed by atoms with E-state index in [1.165, 1.54) is 4.90 Å². The number of benzene rings is 2. The highest BCUT2D eigenvalue weighted by atomic mass is 35.5. The number of carbonyl (C=O) groups excluding carboxylic acids is 2. The Labute approximate surface area is 183 Å². The van der Waals surface area contributed by atoms with E-state index in [2.05, 4.69) is 18.7 Å². The van der Waals surface area contributed by atoms with Crippen molar-refractivity contribution in [3.8, 4) is 0 Å². The zero-order valence-electron chi connectivity index (χ0n) is 17.7. The van der Waals surface area contributed by atoms with Gasteiger partial charge in [0.15, 0.2) is 0 Å². The lowest BCUT2D eigenvalue weighted by Crippen LogP contribution is -2.41. The van der Waals surface area contributed by atoms with Crippen molar-refractivity contribution in [3.05, 3.63) is 75.9 Å². The number of carbonyl (C=O) groups is 2. The predicted molar refractivity (Wildman–Crippen MR) is 120 cm³/mol. The molecule has 2 aliphatic rings. The van der Waals surface area contributed by atoms with Crippen LogP contribution in [0.3, 0.4) is 0 Å². The first kappa shape index (κ1) is 20.7. The third kappa shape index (κ3) is 4.01. The molecule has 2 aromatic rings. The van der Waals surface area contributed by atoms with Crippen molar-refractivity contribution in [1.82, 2.24) is 9.80 Å². The molecule has 0 aromatic heterocycles. The van der Waals surface area contributed by atoms with Crippen LogP contribution in [0.15, 0.2) is 54.2 Å². The highest BCUT2D eigenvalue weighted by Crippen LogP contribution is 2.36. The zero-order valence-corrected chi connectivity index (χ0v) is 18.4. The van der Waals surface area contributed by atoms with Crippen LogP contribution in [0.4, 0.5) is 0 Å². The van der Waals surface area contributed by atoms with E-state index < -0.39 is 0 Å². The van der Waals surface area contributed by atoms with Gasteiger partial charge in [0.1, 0.15) is 5.70 Å². The number of nitrogens with zero attached hydrogens (tertiary/aromatic N) is 2. The van der Waals surface area contributed by atoms with Crippen molar-refractivity contribution in [1.29, 1.82) is 0 Å². The van der Waals surface area contributed by atoms with Crippen LogP contribution in [0.5, 0.6) is 0 Å². The summed E-state index contributed by atoms with van der Waals surface area (Å²) >= 11 is 6.07. The Morgan fingerprint density at radius 3 is 2.10 bits per heavy atom. The van der Waals surface area contributed by atoms with Crippen LogP contribution in [-0.2, 0) is 16.1 Å². The van der Waals surface area contributed by atoms with Crippen LogP contribution in [0, 0.1) is 18.8 Å². The lowest BCUT2D eigenvalue weighted by Gasteiger charge is -2.37. The van der Waals surface area contributed by atoms with Gasteiger partial charge in [0.05, 0.1) is 12.1 Å². The second-order valence-corrected chi connectivity index (χ2v) is 9.20. The maximum Gasteiger partial charge on any atom is 0.278 e. The van der Waals surface area contributed by atoms with Crippen LogP contribution in [0.1, 0.15) is 37.0 Å². The molecule has 30 heavy (non-hydrogen) atoms. The number of aryl methyl sites for hydroxylation is 1. The molecule has 4 nitrogen and oxygen atoms in total. The SMILES string of the molecule is Cc1ccc(CN2C(=O)C(c3ccc(Cl)cc3)=C(N3CC(C)CC(C)C3)C2=O)cc1. The Hall–Kier alpha value is -2.59.